The van der Waals surface area contributed by atoms with Gasteiger partial charge >= 0.3 is 6.09 Å². The highest BCUT2D eigenvalue weighted by Gasteiger charge is 2.16. The molecule has 0 aliphatic carbocycles. The van der Waals surface area contributed by atoms with Gasteiger partial charge in [-0.3, -0.25) is 5.32 Å². The first-order valence-electron chi connectivity index (χ1n) is 6.04. The molecule has 94 valence electrons. The van der Waals surface area contributed by atoms with E-state index in [0.717, 1.165) is 18.5 Å². The zero-order valence-electron chi connectivity index (χ0n) is 11.2. The highest BCUT2D eigenvalue weighted by molar-refractivity contribution is 5.69. The van der Waals surface area contributed by atoms with Gasteiger partial charge in [0.2, 0.25) is 0 Å². The first kappa shape index (κ1) is 15.0. The van der Waals surface area contributed by atoms with Gasteiger partial charge in [0.1, 0.15) is 5.60 Å². The molecule has 1 N–H and O–H groups in total. The van der Waals surface area contributed by atoms with Gasteiger partial charge in [-0.1, -0.05) is 25.8 Å². The molecule has 0 spiro atoms. The average molecular weight is 227 g/mol. The van der Waals surface area contributed by atoms with E-state index in [9.17, 15) is 4.79 Å². The molecule has 0 rings (SSSR count). The normalized spacial score (nSPS) is 12.4. The molecule has 0 aliphatic rings. The summed E-state index contributed by atoms with van der Waals surface area (Å²) in [6.07, 6.45) is 5.95. The third kappa shape index (κ3) is 8.33. The van der Waals surface area contributed by atoms with Crippen LogP contribution in [0.2, 0.25) is 0 Å². The molecule has 0 aromatic carbocycles. The van der Waals surface area contributed by atoms with E-state index >= 15 is 0 Å². The summed E-state index contributed by atoms with van der Waals surface area (Å²) in [6, 6.07) is 0. The van der Waals surface area contributed by atoms with Crippen molar-refractivity contribution in [2.24, 2.45) is 0 Å². The molecule has 0 aliphatic heterocycles. The lowest BCUT2D eigenvalue weighted by atomic mass is 10.1. The van der Waals surface area contributed by atoms with Crippen LogP contribution in [0.4, 0.5) is 4.79 Å². The van der Waals surface area contributed by atoms with E-state index in [2.05, 4.69) is 12.2 Å². The molecule has 0 heterocycles. The first-order valence-corrected chi connectivity index (χ1v) is 6.04. The van der Waals surface area contributed by atoms with Crippen LogP contribution < -0.4 is 5.32 Å². The summed E-state index contributed by atoms with van der Waals surface area (Å²) < 4.78 is 5.19. The van der Waals surface area contributed by atoms with Crippen molar-refractivity contribution in [2.75, 3.05) is 0 Å². The van der Waals surface area contributed by atoms with Gasteiger partial charge in [0.15, 0.2) is 0 Å². The predicted octanol–water partition coefficient (Wildman–Crippen LogP) is 4.00. The molecule has 0 aromatic rings. The van der Waals surface area contributed by atoms with Crippen LogP contribution in [0.5, 0.6) is 0 Å². The van der Waals surface area contributed by atoms with E-state index in [1.54, 1.807) is 0 Å². The van der Waals surface area contributed by atoms with Crippen molar-refractivity contribution in [2.45, 2.75) is 65.9 Å². The van der Waals surface area contributed by atoms with E-state index in [-0.39, 0.29) is 6.09 Å². The summed E-state index contributed by atoms with van der Waals surface area (Å²) in [4.78, 5) is 11.5. The lowest BCUT2D eigenvalue weighted by Gasteiger charge is -2.20. The molecule has 1 amide bonds. The SMILES string of the molecule is C/C=C(/CCCCC)NC(=O)OC(C)(C)C. The topological polar surface area (TPSA) is 38.3 Å². The molecule has 0 unspecified atom stereocenters. The van der Waals surface area contributed by atoms with Gasteiger partial charge in [0.05, 0.1) is 0 Å². The molecule has 0 bridgehead atoms. The summed E-state index contributed by atoms with van der Waals surface area (Å²) in [7, 11) is 0. The van der Waals surface area contributed by atoms with Crippen LogP contribution in [0, 0.1) is 0 Å². The summed E-state index contributed by atoms with van der Waals surface area (Å²) in [6.45, 7) is 9.67. The van der Waals surface area contributed by atoms with Gasteiger partial charge in [-0.2, -0.15) is 0 Å². The number of nitrogens with one attached hydrogen (secondary N) is 1. The molecule has 0 atom stereocenters. The van der Waals surface area contributed by atoms with Crippen LogP contribution in [0.25, 0.3) is 0 Å². The van der Waals surface area contributed by atoms with Crippen LogP contribution in [0.1, 0.15) is 60.3 Å². The lowest BCUT2D eigenvalue weighted by Crippen LogP contribution is -2.32. The van der Waals surface area contributed by atoms with Crippen molar-refractivity contribution in [1.29, 1.82) is 0 Å². The number of hydrogen-bond acceptors (Lipinski definition) is 2. The number of hydrogen-bond donors (Lipinski definition) is 1. The quantitative estimate of drug-likeness (QED) is 0.721. The van der Waals surface area contributed by atoms with E-state index in [0.29, 0.717) is 0 Å². The minimum atomic E-state index is -0.438. The Labute approximate surface area is 99.3 Å². The van der Waals surface area contributed by atoms with Crippen molar-refractivity contribution in [3.05, 3.63) is 11.8 Å². The van der Waals surface area contributed by atoms with Gasteiger partial charge in [-0.05, 0) is 40.5 Å². The Hall–Kier alpha value is -0.990. The minimum absolute atomic E-state index is 0.364. The number of ether oxygens (including phenoxy) is 1. The van der Waals surface area contributed by atoms with Crippen molar-refractivity contribution >= 4 is 6.09 Å². The number of amides is 1. The Kier molecular flexibility index (Phi) is 6.86. The molecule has 0 aromatic heterocycles. The van der Waals surface area contributed by atoms with Gasteiger partial charge in [-0.15, -0.1) is 0 Å². The van der Waals surface area contributed by atoms with Crippen LogP contribution in [0.3, 0.4) is 0 Å². The maximum Gasteiger partial charge on any atom is 0.411 e. The number of rotatable bonds is 5. The molecular formula is C13H25NO2. The third-order valence-corrected chi connectivity index (χ3v) is 2.06. The van der Waals surface area contributed by atoms with E-state index < -0.39 is 5.60 Å². The van der Waals surface area contributed by atoms with Gasteiger partial charge in [-0.25, -0.2) is 4.79 Å². The van der Waals surface area contributed by atoms with E-state index in [4.69, 9.17) is 4.74 Å². The Morgan fingerprint density at radius 1 is 1.31 bits per heavy atom. The highest BCUT2D eigenvalue weighted by Crippen LogP contribution is 2.10. The maximum absolute atomic E-state index is 11.5. The van der Waals surface area contributed by atoms with Crippen molar-refractivity contribution in [3.63, 3.8) is 0 Å². The van der Waals surface area contributed by atoms with Crippen molar-refractivity contribution < 1.29 is 9.53 Å². The Morgan fingerprint density at radius 2 is 1.94 bits per heavy atom. The largest absolute Gasteiger partial charge is 0.444 e. The summed E-state index contributed by atoms with van der Waals surface area (Å²) in [5, 5.41) is 2.78. The molecule has 3 heteroatoms. The van der Waals surface area contributed by atoms with Crippen LogP contribution >= 0.6 is 0 Å². The fourth-order valence-electron chi connectivity index (χ4n) is 1.28. The second-order valence-corrected chi connectivity index (χ2v) is 4.90. The van der Waals surface area contributed by atoms with Crippen molar-refractivity contribution in [1.82, 2.24) is 5.32 Å². The smallest absolute Gasteiger partial charge is 0.411 e. The minimum Gasteiger partial charge on any atom is -0.444 e. The fourth-order valence-corrected chi connectivity index (χ4v) is 1.28. The molecule has 0 fully saturated rings. The number of allylic oxidation sites excluding steroid dienone is 2. The monoisotopic (exact) mass is 227 g/mol. The summed E-state index contributed by atoms with van der Waals surface area (Å²) >= 11 is 0. The van der Waals surface area contributed by atoms with E-state index in [1.807, 2.05) is 33.8 Å². The average Bonchev–Trinajstić information content (AvgIpc) is 2.13. The molecule has 3 nitrogen and oxygen atoms in total. The highest BCUT2D eigenvalue weighted by atomic mass is 16.6. The van der Waals surface area contributed by atoms with Crippen molar-refractivity contribution in [3.8, 4) is 0 Å². The summed E-state index contributed by atoms with van der Waals surface area (Å²) in [5.74, 6) is 0. The maximum atomic E-state index is 11.5. The van der Waals surface area contributed by atoms with Gasteiger partial charge < -0.3 is 4.74 Å². The molecule has 0 radical (unpaired) electrons. The third-order valence-electron chi connectivity index (χ3n) is 2.06. The second kappa shape index (κ2) is 7.31. The Morgan fingerprint density at radius 3 is 2.38 bits per heavy atom. The van der Waals surface area contributed by atoms with Crippen LogP contribution in [0.15, 0.2) is 11.8 Å². The fraction of sp³-hybridized carbons (Fsp3) is 0.769. The first-order chi connectivity index (χ1) is 7.39. The zero-order valence-corrected chi connectivity index (χ0v) is 11.2. The number of unbranched alkanes of at least 4 members (excludes halogenated alkanes) is 2. The Bertz CT molecular complexity index is 239. The number of carbonyl (C=O) groups is 1. The molecular weight excluding hydrogens is 202 g/mol. The molecule has 16 heavy (non-hydrogen) atoms. The number of alkyl carbamates (subject to hydrolysis) is 1. The van der Waals surface area contributed by atoms with Crippen LogP contribution in [-0.2, 0) is 4.74 Å². The van der Waals surface area contributed by atoms with Gasteiger partial charge in [0, 0.05) is 5.70 Å². The van der Waals surface area contributed by atoms with E-state index in [1.165, 1.54) is 12.8 Å². The molecule has 0 saturated carbocycles. The lowest BCUT2D eigenvalue weighted by molar-refractivity contribution is 0.0544. The molecule has 0 saturated heterocycles. The standard InChI is InChI=1S/C13H25NO2/c1-6-8-9-10-11(7-2)14-12(15)16-13(3,4)5/h7H,6,8-10H2,1-5H3,(H,14,15)/b11-7-. The summed E-state index contributed by atoms with van der Waals surface area (Å²) in [5.41, 5.74) is 0.509. The van der Waals surface area contributed by atoms with Gasteiger partial charge in [0.25, 0.3) is 0 Å². The number of carbonyl (C=O) groups excluding carboxylic acids is 1. The Balaban J connectivity index is 3.99. The zero-order chi connectivity index (χ0) is 12.6. The van der Waals surface area contributed by atoms with Crippen LogP contribution in [-0.4, -0.2) is 11.7 Å². The predicted molar refractivity (Wildman–Crippen MR) is 67.3 cm³/mol. The second-order valence-electron chi connectivity index (χ2n) is 4.90.